The molecule has 0 aromatic carbocycles. The summed E-state index contributed by atoms with van der Waals surface area (Å²) < 4.78 is 0. The molecule has 0 saturated carbocycles. The second kappa shape index (κ2) is 13.9. The van der Waals surface area contributed by atoms with Gasteiger partial charge in [0.1, 0.15) is 0 Å². The van der Waals surface area contributed by atoms with E-state index in [9.17, 15) is 14.7 Å². The van der Waals surface area contributed by atoms with E-state index in [4.69, 9.17) is 5.11 Å². The first-order valence-corrected chi connectivity index (χ1v) is 7.19. The Bertz CT molecular complexity index is 278. The Morgan fingerprint density at radius 1 is 1.10 bits per heavy atom. The maximum absolute atomic E-state index is 11.5. The van der Waals surface area contributed by atoms with Gasteiger partial charge in [0.2, 0.25) is 5.91 Å². The zero-order valence-corrected chi connectivity index (χ0v) is 15.0. The van der Waals surface area contributed by atoms with Crippen LogP contribution in [0, 0.1) is 0 Å². The van der Waals surface area contributed by atoms with Gasteiger partial charge < -0.3 is 17.0 Å². The maximum Gasteiger partial charge on any atom is 1.00 e. The van der Waals surface area contributed by atoms with Crippen LogP contribution in [0.5, 0.6) is 0 Å². The number of amides is 1. The minimum atomic E-state index is -1.21. The number of aliphatic hydroxyl groups excluding tert-OH is 1. The Balaban J connectivity index is -0.00000162. The molecule has 3 N–H and O–H groups in total. The fourth-order valence-electron chi connectivity index (χ4n) is 1.88. The molecule has 5 nitrogen and oxygen atoms in total. The van der Waals surface area contributed by atoms with Crippen LogP contribution in [-0.2, 0) is 9.59 Å². The Hall–Kier alpha value is -0.100. The van der Waals surface area contributed by atoms with E-state index in [1.54, 1.807) is 0 Å². The summed E-state index contributed by atoms with van der Waals surface area (Å²) in [6, 6.07) is -1.21. The minimum absolute atomic E-state index is 0. The number of carboxylic acid groups (broad SMARTS) is 1. The number of carbonyl (C=O) groups is 2. The third kappa shape index (κ3) is 11.7. The molecule has 2 atom stereocenters. The first kappa shape index (κ1) is 22.2. The minimum Gasteiger partial charge on any atom is -1.00 e. The van der Waals surface area contributed by atoms with Crippen LogP contribution in [0.25, 0.3) is 0 Å². The van der Waals surface area contributed by atoms with Crippen molar-refractivity contribution in [3.8, 4) is 0 Å². The number of aliphatic hydroxyl groups is 1. The van der Waals surface area contributed by atoms with Crippen LogP contribution in [0.4, 0.5) is 0 Å². The van der Waals surface area contributed by atoms with Crippen molar-refractivity contribution < 1.29 is 50.8 Å². The van der Waals surface area contributed by atoms with Crippen LogP contribution in [0.3, 0.4) is 0 Å². The van der Waals surface area contributed by atoms with E-state index in [2.05, 4.69) is 12.2 Å². The average molecular weight is 297 g/mol. The fourth-order valence-corrected chi connectivity index (χ4v) is 1.88. The summed E-state index contributed by atoms with van der Waals surface area (Å²) in [6.45, 7) is 3.53. The number of aliphatic carboxylic acids is 1. The molecule has 0 aliphatic carbocycles. The largest absolute Gasteiger partial charge is 1.00 e. The number of carboxylic acids is 1. The van der Waals surface area contributed by atoms with Crippen molar-refractivity contribution in [3.05, 3.63) is 0 Å². The van der Waals surface area contributed by atoms with Crippen molar-refractivity contribution in [2.24, 2.45) is 0 Å². The van der Waals surface area contributed by atoms with Gasteiger partial charge in [-0.2, -0.15) is 0 Å². The van der Waals surface area contributed by atoms with Crippen LogP contribution in [0.15, 0.2) is 0 Å². The number of nitrogens with one attached hydrogen (secondary N) is 1. The van der Waals surface area contributed by atoms with E-state index in [-0.39, 0.29) is 36.9 Å². The molecule has 0 bridgehead atoms. The van der Waals surface area contributed by atoms with E-state index in [1.165, 1.54) is 32.6 Å². The van der Waals surface area contributed by atoms with Gasteiger partial charge in [0.25, 0.3) is 0 Å². The van der Waals surface area contributed by atoms with Crippen molar-refractivity contribution in [1.82, 2.24) is 5.32 Å². The first-order valence-electron chi connectivity index (χ1n) is 7.19. The molecule has 0 aromatic heterocycles. The van der Waals surface area contributed by atoms with Crippen LogP contribution >= 0.6 is 0 Å². The SMILES string of the molecule is CCCCCCCCCC(=O)NC(C(=O)O)C(C)O.[H-].[Na+]. The normalized spacial score (nSPS) is 13.2. The molecule has 0 heterocycles. The molecule has 0 aliphatic heterocycles. The number of hydrogen-bond acceptors (Lipinski definition) is 3. The topological polar surface area (TPSA) is 86.6 Å². The van der Waals surface area contributed by atoms with Crippen molar-refractivity contribution in [3.63, 3.8) is 0 Å². The molecule has 0 rings (SSSR count). The molecule has 0 radical (unpaired) electrons. The monoisotopic (exact) mass is 297 g/mol. The van der Waals surface area contributed by atoms with Gasteiger partial charge in [0, 0.05) is 6.42 Å². The zero-order chi connectivity index (χ0) is 14.7. The van der Waals surface area contributed by atoms with E-state index < -0.39 is 18.1 Å². The van der Waals surface area contributed by atoms with Crippen LogP contribution in [0.1, 0.15) is 66.6 Å². The van der Waals surface area contributed by atoms with Gasteiger partial charge in [0.05, 0.1) is 6.10 Å². The molecule has 1 amide bonds. The number of carbonyl (C=O) groups excluding carboxylic acids is 1. The number of rotatable bonds is 11. The van der Waals surface area contributed by atoms with Crippen molar-refractivity contribution >= 4 is 11.9 Å². The van der Waals surface area contributed by atoms with Gasteiger partial charge >= 0.3 is 35.5 Å². The molecule has 0 aromatic rings. The predicted molar refractivity (Wildman–Crippen MR) is 75.0 cm³/mol. The van der Waals surface area contributed by atoms with Gasteiger partial charge in [-0.1, -0.05) is 45.4 Å². The van der Waals surface area contributed by atoms with Crippen LogP contribution < -0.4 is 34.9 Å². The number of hydrogen-bond donors (Lipinski definition) is 3. The molecule has 0 fully saturated rings. The molecule has 6 heteroatoms. The molecule has 0 saturated heterocycles. The summed E-state index contributed by atoms with van der Waals surface area (Å²) in [4.78, 5) is 22.3. The predicted octanol–water partition coefficient (Wildman–Crippen LogP) is -0.806. The Morgan fingerprint density at radius 3 is 2.05 bits per heavy atom. The third-order valence-electron chi connectivity index (χ3n) is 3.07. The fraction of sp³-hybridized carbons (Fsp3) is 0.857. The molecule has 2 unspecified atom stereocenters. The van der Waals surface area contributed by atoms with Crippen molar-refractivity contribution in [2.75, 3.05) is 0 Å². The second-order valence-electron chi connectivity index (χ2n) is 5.00. The second-order valence-corrected chi connectivity index (χ2v) is 5.00. The summed E-state index contributed by atoms with van der Waals surface area (Å²) in [6.07, 6.45) is 7.03. The van der Waals surface area contributed by atoms with Gasteiger partial charge in [-0.05, 0) is 13.3 Å². The molecule has 0 spiro atoms. The molecule has 114 valence electrons. The summed E-state index contributed by atoms with van der Waals surface area (Å²) in [7, 11) is 0. The average Bonchev–Trinajstić information content (AvgIpc) is 2.34. The molecular formula is C14H28NNaO4. The van der Waals surface area contributed by atoms with Gasteiger partial charge in [0.15, 0.2) is 6.04 Å². The molecular weight excluding hydrogens is 269 g/mol. The van der Waals surface area contributed by atoms with Crippen molar-refractivity contribution in [2.45, 2.75) is 77.4 Å². The smallest absolute Gasteiger partial charge is 1.00 e. The summed E-state index contributed by atoms with van der Waals surface area (Å²) >= 11 is 0. The standard InChI is InChI=1S/C14H27NO4.Na.H/c1-3-4-5-6-7-8-9-10-12(17)15-13(11(2)16)14(18)19;;/h11,13,16H,3-10H2,1-2H3,(H,15,17)(H,18,19);;/q;+1;-1. The van der Waals surface area contributed by atoms with Crippen LogP contribution in [-0.4, -0.2) is 34.2 Å². The van der Waals surface area contributed by atoms with Crippen LogP contribution in [0.2, 0.25) is 0 Å². The van der Waals surface area contributed by atoms with E-state index in [0.717, 1.165) is 19.3 Å². The summed E-state index contributed by atoms with van der Waals surface area (Å²) in [5.41, 5.74) is 0. The van der Waals surface area contributed by atoms with Crippen molar-refractivity contribution in [1.29, 1.82) is 0 Å². The summed E-state index contributed by atoms with van der Waals surface area (Å²) in [5, 5.41) is 20.4. The van der Waals surface area contributed by atoms with Gasteiger partial charge in [-0.15, -0.1) is 0 Å². The Morgan fingerprint density at radius 2 is 1.60 bits per heavy atom. The summed E-state index contributed by atoms with van der Waals surface area (Å²) in [5.74, 6) is -1.51. The Kier molecular flexibility index (Phi) is 15.4. The molecule has 0 aliphatic rings. The Labute approximate surface area is 145 Å². The van der Waals surface area contributed by atoms with Gasteiger partial charge in [-0.25, -0.2) is 4.79 Å². The zero-order valence-electron chi connectivity index (χ0n) is 14.0. The van der Waals surface area contributed by atoms with E-state index >= 15 is 0 Å². The maximum atomic E-state index is 11.5. The molecule has 20 heavy (non-hydrogen) atoms. The quantitative estimate of drug-likeness (QED) is 0.344. The van der Waals surface area contributed by atoms with E-state index in [0.29, 0.717) is 6.42 Å². The first-order chi connectivity index (χ1) is 8.99. The third-order valence-corrected chi connectivity index (χ3v) is 3.07. The van der Waals surface area contributed by atoms with E-state index in [1.807, 2.05) is 0 Å². The van der Waals surface area contributed by atoms with Gasteiger partial charge in [-0.3, -0.25) is 4.79 Å². The number of unbranched alkanes of at least 4 members (excludes halogenated alkanes) is 6.